The van der Waals surface area contributed by atoms with Crippen molar-refractivity contribution in [2.45, 2.75) is 69.7 Å². The molecule has 3 atom stereocenters. The lowest BCUT2D eigenvalue weighted by atomic mass is 9.94. The standard InChI is InChI=1S/C20H30NO3.2BrH/c1-14(2)21(3)16-9-10-17(21)12-18(11-16)24-20(23)19(13-22)15-7-5-4-6-8-15;;/h4-8,14,16-19,22H,9-13H2,1-3H3;2*1H/q+1;;/p-1. The molecule has 0 spiro atoms. The van der Waals surface area contributed by atoms with E-state index < -0.39 is 5.92 Å². The topological polar surface area (TPSA) is 46.5 Å². The number of aliphatic hydroxyl groups excluding tert-OH is 1. The highest BCUT2D eigenvalue weighted by Crippen LogP contribution is 2.44. The molecule has 0 aromatic heterocycles. The molecular formula is C20H31Br2NO3. The summed E-state index contributed by atoms with van der Waals surface area (Å²) in [4.78, 5) is 12.6. The van der Waals surface area contributed by atoms with Crippen molar-refractivity contribution in [3.63, 3.8) is 0 Å². The SMILES string of the molecule is Br.CC(C)[N+]1(C)C2CCC1CC(OC(=O)C(CO)c1ccccc1)C2.[Br-]. The molecule has 3 unspecified atom stereocenters. The van der Waals surface area contributed by atoms with E-state index in [2.05, 4.69) is 20.9 Å². The fourth-order valence-electron chi connectivity index (χ4n) is 4.82. The number of carbonyl (C=O) groups excluding carboxylic acids is 1. The van der Waals surface area contributed by atoms with E-state index in [4.69, 9.17) is 4.74 Å². The van der Waals surface area contributed by atoms with E-state index in [-0.39, 0.29) is 52.6 Å². The summed E-state index contributed by atoms with van der Waals surface area (Å²) in [5.41, 5.74) is 0.826. The molecule has 1 aromatic rings. The first-order valence-electron chi connectivity index (χ1n) is 9.18. The number of fused-ring (bicyclic) bond motifs is 2. The quantitative estimate of drug-likeness (QED) is 0.479. The average Bonchev–Trinajstić information content (AvgIpc) is 2.74. The van der Waals surface area contributed by atoms with Gasteiger partial charge in [-0.15, -0.1) is 17.0 Å². The molecule has 1 aromatic carbocycles. The number of piperidine rings is 1. The van der Waals surface area contributed by atoms with Gasteiger partial charge in [-0.05, 0) is 19.4 Å². The molecule has 0 radical (unpaired) electrons. The molecule has 0 aliphatic carbocycles. The highest BCUT2D eigenvalue weighted by molar-refractivity contribution is 8.93. The average molecular weight is 493 g/mol. The highest BCUT2D eigenvalue weighted by Gasteiger charge is 2.53. The van der Waals surface area contributed by atoms with Gasteiger partial charge in [0.1, 0.15) is 12.0 Å². The van der Waals surface area contributed by atoms with Crippen molar-refractivity contribution in [3.05, 3.63) is 35.9 Å². The van der Waals surface area contributed by atoms with Crippen molar-refractivity contribution >= 4 is 23.0 Å². The summed E-state index contributed by atoms with van der Waals surface area (Å²) in [6, 6.07) is 11.2. The number of aliphatic hydroxyl groups is 1. The number of esters is 1. The number of hydrogen-bond donors (Lipinski definition) is 1. The maximum absolute atomic E-state index is 12.6. The molecule has 148 valence electrons. The van der Waals surface area contributed by atoms with Crippen molar-refractivity contribution in [3.8, 4) is 0 Å². The lowest BCUT2D eigenvalue weighted by molar-refractivity contribution is -0.968. The second-order valence-electron chi connectivity index (χ2n) is 7.88. The smallest absolute Gasteiger partial charge is 0.316 e. The van der Waals surface area contributed by atoms with Crippen LogP contribution < -0.4 is 17.0 Å². The van der Waals surface area contributed by atoms with E-state index in [0.29, 0.717) is 18.1 Å². The summed E-state index contributed by atoms with van der Waals surface area (Å²) in [5.74, 6) is -0.856. The van der Waals surface area contributed by atoms with Crippen LogP contribution in [0.15, 0.2) is 30.3 Å². The molecule has 0 amide bonds. The number of hydrogen-bond acceptors (Lipinski definition) is 3. The number of quaternary nitrogens is 1. The van der Waals surface area contributed by atoms with Crippen molar-refractivity contribution in [2.24, 2.45) is 0 Å². The maximum atomic E-state index is 12.6. The molecule has 2 aliphatic rings. The first kappa shape index (κ1) is 23.6. The van der Waals surface area contributed by atoms with Crippen LogP contribution in [0.25, 0.3) is 0 Å². The van der Waals surface area contributed by atoms with Crippen molar-refractivity contribution in [2.75, 3.05) is 13.7 Å². The number of ether oxygens (including phenoxy) is 1. The summed E-state index contributed by atoms with van der Waals surface area (Å²) < 4.78 is 6.96. The van der Waals surface area contributed by atoms with E-state index in [9.17, 15) is 9.90 Å². The van der Waals surface area contributed by atoms with Gasteiger partial charge in [0.15, 0.2) is 0 Å². The van der Waals surface area contributed by atoms with Crippen LogP contribution in [0.5, 0.6) is 0 Å². The Labute approximate surface area is 178 Å². The third-order valence-electron chi connectivity index (χ3n) is 6.54. The summed E-state index contributed by atoms with van der Waals surface area (Å²) >= 11 is 0. The number of carbonyl (C=O) groups is 1. The van der Waals surface area contributed by atoms with Crippen LogP contribution in [0.4, 0.5) is 0 Å². The summed E-state index contributed by atoms with van der Waals surface area (Å²) in [6.07, 6.45) is 4.36. The van der Waals surface area contributed by atoms with Crippen LogP contribution in [0.1, 0.15) is 51.0 Å². The Morgan fingerprint density at radius 2 is 1.73 bits per heavy atom. The molecule has 0 saturated carbocycles. The molecule has 1 N–H and O–H groups in total. The van der Waals surface area contributed by atoms with Crippen LogP contribution in [0.2, 0.25) is 0 Å². The fourth-order valence-corrected chi connectivity index (χ4v) is 4.82. The molecule has 6 heteroatoms. The molecular weight excluding hydrogens is 462 g/mol. The van der Waals surface area contributed by atoms with Gasteiger partial charge in [-0.2, -0.15) is 0 Å². The first-order valence-corrected chi connectivity index (χ1v) is 9.18. The number of benzene rings is 1. The zero-order valence-electron chi connectivity index (χ0n) is 15.8. The van der Waals surface area contributed by atoms with Crippen LogP contribution >= 0.6 is 17.0 Å². The van der Waals surface area contributed by atoms with Crippen LogP contribution in [-0.2, 0) is 9.53 Å². The predicted molar refractivity (Wildman–Crippen MR) is 104 cm³/mol. The minimum atomic E-state index is -0.572. The Hall–Kier alpha value is -0.430. The molecule has 26 heavy (non-hydrogen) atoms. The molecule has 3 rings (SSSR count). The van der Waals surface area contributed by atoms with Gasteiger partial charge < -0.3 is 31.3 Å². The summed E-state index contributed by atoms with van der Waals surface area (Å²) in [7, 11) is 2.37. The number of halogens is 2. The van der Waals surface area contributed by atoms with Gasteiger partial charge in [-0.1, -0.05) is 30.3 Å². The Morgan fingerprint density at radius 1 is 1.19 bits per heavy atom. The van der Waals surface area contributed by atoms with Crippen LogP contribution in [0, 0.1) is 0 Å². The summed E-state index contributed by atoms with van der Waals surface area (Å²) in [5, 5.41) is 9.65. The van der Waals surface area contributed by atoms with Crippen molar-refractivity contribution in [1.29, 1.82) is 0 Å². The van der Waals surface area contributed by atoms with Crippen LogP contribution in [-0.4, -0.2) is 53.4 Å². The second kappa shape index (κ2) is 9.67. The van der Waals surface area contributed by atoms with E-state index in [1.165, 1.54) is 12.8 Å². The molecule has 2 saturated heterocycles. The maximum Gasteiger partial charge on any atom is 0.316 e. The van der Waals surface area contributed by atoms with E-state index in [0.717, 1.165) is 22.9 Å². The molecule has 2 bridgehead atoms. The van der Waals surface area contributed by atoms with Gasteiger partial charge in [0.2, 0.25) is 0 Å². The lowest BCUT2D eigenvalue weighted by Crippen LogP contribution is -3.00. The van der Waals surface area contributed by atoms with Crippen molar-refractivity contribution < 1.29 is 36.1 Å². The van der Waals surface area contributed by atoms with E-state index in [1.807, 2.05) is 30.3 Å². The molecule has 2 heterocycles. The van der Waals surface area contributed by atoms with Gasteiger partial charge in [-0.3, -0.25) is 4.79 Å². The largest absolute Gasteiger partial charge is 1.00 e. The molecule has 4 nitrogen and oxygen atoms in total. The normalized spacial score (nSPS) is 30.9. The minimum absolute atomic E-state index is 0. The van der Waals surface area contributed by atoms with Crippen molar-refractivity contribution in [1.82, 2.24) is 0 Å². The second-order valence-corrected chi connectivity index (χ2v) is 7.88. The Morgan fingerprint density at radius 3 is 2.19 bits per heavy atom. The molecule has 2 fully saturated rings. The van der Waals surface area contributed by atoms with Gasteiger partial charge in [-0.25, -0.2) is 0 Å². The van der Waals surface area contributed by atoms with E-state index >= 15 is 0 Å². The lowest BCUT2D eigenvalue weighted by Gasteiger charge is -2.49. The fraction of sp³-hybridized carbons (Fsp3) is 0.650. The minimum Gasteiger partial charge on any atom is -1.00 e. The first-order chi connectivity index (χ1) is 11.5. The van der Waals surface area contributed by atoms with Gasteiger partial charge in [0.05, 0.1) is 31.8 Å². The third kappa shape index (κ3) is 4.34. The Kier molecular flexibility index (Phi) is 8.78. The van der Waals surface area contributed by atoms with Crippen LogP contribution in [0.3, 0.4) is 0 Å². The Bertz CT molecular complexity index is 568. The van der Waals surface area contributed by atoms with Gasteiger partial charge in [0, 0.05) is 25.7 Å². The monoisotopic (exact) mass is 491 g/mol. The summed E-state index contributed by atoms with van der Waals surface area (Å²) in [6.45, 7) is 4.39. The highest BCUT2D eigenvalue weighted by atomic mass is 79.9. The predicted octanol–water partition coefficient (Wildman–Crippen LogP) is 0.436. The number of rotatable bonds is 5. The number of nitrogens with zero attached hydrogens (tertiary/aromatic N) is 1. The van der Waals surface area contributed by atoms with Gasteiger partial charge in [0.25, 0.3) is 0 Å². The molecule has 2 aliphatic heterocycles. The van der Waals surface area contributed by atoms with E-state index in [1.54, 1.807) is 0 Å². The zero-order chi connectivity index (χ0) is 17.3. The third-order valence-corrected chi connectivity index (χ3v) is 6.54. The Balaban J connectivity index is 0.00000169. The zero-order valence-corrected chi connectivity index (χ0v) is 19.1. The van der Waals surface area contributed by atoms with Gasteiger partial charge >= 0.3 is 5.97 Å².